The molecule has 6 rings (SSSR count). The molecule has 4 heterocycles. The molecule has 3 aliphatic rings. The van der Waals surface area contributed by atoms with Gasteiger partial charge in [-0.1, -0.05) is 0 Å². The van der Waals surface area contributed by atoms with Gasteiger partial charge < -0.3 is 29.0 Å². The largest absolute Gasteiger partial charge is 0.497 e. The molecule has 3 aliphatic heterocycles. The van der Waals surface area contributed by atoms with Crippen LogP contribution in [0.1, 0.15) is 6.42 Å². The summed E-state index contributed by atoms with van der Waals surface area (Å²) < 4.78 is 72.3. The molecular formula is C24H23F3N4O5. The number of rotatable bonds is 6. The highest BCUT2D eigenvalue weighted by atomic mass is 19.3. The lowest BCUT2D eigenvalue weighted by atomic mass is 10.0. The number of halogens is 3. The van der Waals surface area contributed by atoms with Crippen molar-refractivity contribution < 1.29 is 36.9 Å². The molecule has 0 unspecified atom stereocenters. The molecule has 1 N–H and O–H groups in total. The summed E-state index contributed by atoms with van der Waals surface area (Å²) in [6.45, 7) is 0.903. The maximum Gasteiger partial charge on any atom is 0.296 e. The van der Waals surface area contributed by atoms with Gasteiger partial charge in [0.05, 0.1) is 43.8 Å². The Kier molecular flexibility index (Phi) is 5.64. The van der Waals surface area contributed by atoms with E-state index in [1.807, 2.05) is 0 Å². The maximum atomic E-state index is 15.2. The SMILES string of the molecule is COc1cc(O[C@@H]2CCN(C3COC3)CC2(F)F)c2c(Nc3c(F)ccc4c3OCO4)ncnc2c1. The van der Waals surface area contributed by atoms with Gasteiger partial charge in [0.25, 0.3) is 5.92 Å². The fraction of sp³-hybridized carbons (Fsp3) is 0.417. The van der Waals surface area contributed by atoms with Crippen molar-refractivity contribution in [2.24, 2.45) is 0 Å². The summed E-state index contributed by atoms with van der Waals surface area (Å²) in [6, 6.07) is 5.83. The summed E-state index contributed by atoms with van der Waals surface area (Å²) in [5.74, 6) is -2.51. The van der Waals surface area contributed by atoms with Gasteiger partial charge in [-0.15, -0.1) is 0 Å². The first-order valence-corrected chi connectivity index (χ1v) is 11.5. The van der Waals surface area contributed by atoms with E-state index in [0.717, 1.165) is 0 Å². The van der Waals surface area contributed by atoms with Crippen molar-refractivity contribution in [3.8, 4) is 23.0 Å². The Morgan fingerprint density at radius 2 is 2.03 bits per heavy atom. The van der Waals surface area contributed by atoms with Gasteiger partial charge in [0.15, 0.2) is 23.4 Å². The number of ether oxygens (including phenoxy) is 5. The second kappa shape index (κ2) is 8.86. The Morgan fingerprint density at radius 3 is 2.78 bits per heavy atom. The van der Waals surface area contributed by atoms with Crippen LogP contribution in [0.15, 0.2) is 30.6 Å². The van der Waals surface area contributed by atoms with Gasteiger partial charge in [0.1, 0.15) is 29.3 Å². The minimum absolute atomic E-state index is 0.00683. The molecule has 1 aromatic heterocycles. The number of benzene rings is 2. The van der Waals surface area contributed by atoms with Gasteiger partial charge in [-0.2, -0.15) is 0 Å². The van der Waals surface area contributed by atoms with Gasteiger partial charge in [-0.3, -0.25) is 4.90 Å². The predicted molar refractivity (Wildman–Crippen MR) is 122 cm³/mol. The van der Waals surface area contributed by atoms with Crippen molar-refractivity contribution in [3.05, 3.63) is 36.4 Å². The van der Waals surface area contributed by atoms with Crippen LogP contribution in [0.25, 0.3) is 10.9 Å². The van der Waals surface area contributed by atoms with Crippen LogP contribution in [0.5, 0.6) is 23.0 Å². The van der Waals surface area contributed by atoms with Crippen LogP contribution >= 0.6 is 0 Å². The van der Waals surface area contributed by atoms with Crippen LogP contribution in [0.3, 0.4) is 0 Å². The molecular weight excluding hydrogens is 481 g/mol. The molecule has 2 fully saturated rings. The number of nitrogens with zero attached hydrogens (tertiary/aromatic N) is 3. The maximum absolute atomic E-state index is 15.2. The zero-order chi connectivity index (χ0) is 24.9. The number of nitrogens with one attached hydrogen (secondary N) is 1. The molecule has 12 heteroatoms. The van der Waals surface area contributed by atoms with Crippen LogP contribution in [0, 0.1) is 5.82 Å². The van der Waals surface area contributed by atoms with Gasteiger partial charge in [-0.05, 0) is 12.1 Å². The molecule has 190 valence electrons. The molecule has 9 nitrogen and oxygen atoms in total. The number of alkyl halides is 2. The average molecular weight is 504 g/mol. The van der Waals surface area contributed by atoms with E-state index in [1.54, 1.807) is 11.0 Å². The first kappa shape index (κ1) is 22.9. The van der Waals surface area contributed by atoms with Gasteiger partial charge >= 0.3 is 0 Å². The highest BCUT2D eigenvalue weighted by molar-refractivity contribution is 5.97. The number of aromatic nitrogens is 2. The summed E-state index contributed by atoms with van der Waals surface area (Å²) in [4.78, 5) is 10.3. The third-order valence-corrected chi connectivity index (χ3v) is 6.61. The van der Waals surface area contributed by atoms with Crippen LogP contribution in [0.2, 0.25) is 0 Å². The number of hydrogen-bond acceptors (Lipinski definition) is 9. The van der Waals surface area contributed by atoms with E-state index < -0.39 is 24.4 Å². The minimum Gasteiger partial charge on any atom is -0.497 e. The second-order valence-electron chi connectivity index (χ2n) is 8.84. The van der Waals surface area contributed by atoms with Crippen molar-refractivity contribution in [1.29, 1.82) is 0 Å². The van der Waals surface area contributed by atoms with Gasteiger partial charge in [-0.25, -0.2) is 23.1 Å². The van der Waals surface area contributed by atoms with E-state index in [1.165, 1.54) is 31.6 Å². The topological polar surface area (TPSA) is 87.2 Å². The summed E-state index contributed by atoms with van der Waals surface area (Å²) in [5, 5.41) is 3.23. The molecule has 0 radical (unpaired) electrons. The van der Waals surface area contributed by atoms with Crippen LogP contribution < -0.4 is 24.3 Å². The Balaban J connectivity index is 1.37. The quantitative estimate of drug-likeness (QED) is 0.540. The zero-order valence-electron chi connectivity index (χ0n) is 19.3. The Hall–Kier alpha value is -3.51. The van der Waals surface area contributed by atoms with Gasteiger partial charge in [0.2, 0.25) is 6.79 Å². The summed E-state index contributed by atoms with van der Waals surface area (Å²) >= 11 is 0. The van der Waals surface area contributed by atoms with Crippen LogP contribution in [0.4, 0.5) is 24.7 Å². The van der Waals surface area contributed by atoms with E-state index in [4.69, 9.17) is 23.7 Å². The molecule has 1 atom stereocenters. The fourth-order valence-electron chi connectivity index (χ4n) is 4.61. The normalized spacial score (nSPS) is 21.3. The Bertz CT molecular complexity index is 1310. The number of methoxy groups -OCH3 is 1. The average Bonchev–Trinajstić information content (AvgIpc) is 3.30. The lowest BCUT2D eigenvalue weighted by Gasteiger charge is -2.44. The van der Waals surface area contributed by atoms with Crippen molar-refractivity contribution in [2.75, 3.05) is 45.5 Å². The van der Waals surface area contributed by atoms with E-state index in [9.17, 15) is 4.39 Å². The molecule has 0 bridgehead atoms. The Morgan fingerprint density at radius 1 is 1.17 bits per heavy atom. The van der Waals surface area contributed by atoms with Crippen molar-refractivity contribution in [1.82, 2.24) is 14.9 Å². The molecule has 3 aromatic rings. The lowest BCUT2D eigenvalue weighted by Crippen LogP contribution is -2.60. The van der Waals surface area contributed by atoms with Crippen molar-refractivity contribution in [2.45, 2.75) is 24.5 Å². The molecule has 36 heavy (non-hydrogen) atoms. The van der Waals surface area contributed by atoms with E-state index >= 15 is 8.78 Å². The molecule has 2 aromatic carbocycles. The summed E-state index contributed by atoms with van der Waals surface area (Å²) in [5.41, 5.74) is 0.382. The number of fused-ring (bicyclic) bond motifs is 2. The van der Waals surface area contributed by atoms with Crippen LogP contribution in [-0.4, -0.2) is 73.1 Å². The molecule has 0 spiro atoms. The zero-order valence-corrected chi connectivity index (χ0v) is 19.3. The third kappa shape index (κ3) is 3.99. The number of anilines is 2. The van der Waals surface area contributed by atoms with E-state index in [-0.39, 0.29) is 42.3 Å². The highest BCUT2D eigenvalue weighted by Gasteiger charge is 2.49. The minimum atomic E-state index is -3.11. The smallest absolute Gasteiger partial charge is 0.296 e. The van der Waals surface area contributed by atoms with Crippen LogP contribution in [-0.2, 0) is 4.74 Å². The number of piperidine rings is 1. The summed E-state index contributed by atoms with van der Waals surface area (Å²) in [7, 11) is 1.46. The molecule has 2 saturated heterocycles. The molecule has 0 amide bonds. The van der Waals surface area contributed by atoms with E-state index in [0.29, 0.717) is 42.2 Å². The predicted octanol–water partition coefficient (Wildman–Crippen LogP) is 3.74. The first-order chi connectivity index (χ1) is 17.4. The second-order valence-corrected chi connectivity index (χ2v) is 8.84. The third-order valence-electron chi connectivity index (χ3n) is 6.61. The highest BCUT2D eigenvalue weighted by Crippen LogP contribution is 2.44. The summed E-state index contributed by atoms with van der Waals surface area (Å²) in [6.07, 6.45) is 0.0117. The monoisotopic (exact) mass is 504 g/mol. The fourth-order valence-corrected chi connectivity index (χ4v) is 4.61. The van der Waals surface area contributed by atoms with Crippen molar-refractivity contribution in [3.63, 3.8) is 0 Å². The molecule has 0 aliphatic carbocycles. The lowest BCUT2D eigenvalue weighted by molar-refractivity contribution is -0.169. The number of hydrogen-bond donors (Lipinski definition) is 1. The van der Waals surface area contributed by atoms with E-state index in [2.05, 4.69) is 15.3 Å². The first-order valence-electron chi connectivity index (χ1n) is 11.5. The Labute approximate surface area is 204 Å². The molecule has 0 saturated carbocycles. The standard InChI is InChI=1S/C24H23F3N4O5/c1-32-14-6-16-20(18(7-14)36-19-4-5-31(10-24(19,26)27)13-8-33-9-13)23(29-11-28-16)30-21-15(25)2-3-17-22(21)35-12-34-17/h2-3,6-7,11,13,19H,4-5,8-10,12H2,1H3,(H,28,29,30)/t19-/m1/s1. The number of likely N-dealkylation sites (tertiary alicyclic amines) is 1. The van der Waals surface area contributed by atoms with Crippen molar-refractivity contribution >= 4 is 22.4 Å². The van der Waals surface area contributed by atoms with Gasteiger partial charge in [0, 0.05) is 25.1 Å².